The summed E-state index contributed by atoms with van der Waals surface area (Å²) >= 11 is 0.846. The number of rotatable bonds is 16. The lowest BCUT2D eigenvalue weighted by atomic mass is 10.1. The van der Waals surface area contributed by atoms with Crippen LogP contribution in [0.4, 0.5) is 0 Å². The van der Waals surface area contributed by atoms with Crippen molar-refractivity contribution in [3.63, 3.8) is 0 Å². The highest BCUT2D eigenvalue weighted by atomic mass is 32.2. The van der Waals surface area contributed by atoms with Crippen molar-refractivity contribution in [3.8, 4) is 0 Å². The first kappa shape index (κ1) is 23.7. The number of carbonyl (C=O) groups is 1. The normalized spacial score (nSPS) is 11.5. The summed E-state index contributed by atoms with van der Waals surface area (Å²) in [6.45, 7) is 5.67. The van der Waals surface area contributed by atoms with Crippen molar-refractivity contribution in [2.24, 2.45) is 0 Å². The van der Waals surface area contributed by atoms with Crippen molar-refractivity contribution in [1.82, 2.24) is 0 Å². The quantitative estimate of drug-likeness (QED) is 0.131. The van der Waals surface area contributed by atoms with Gasteiger partial charge in [-0.3, -0.25) is 0 Å². The highest BCUT2D eigenvalue weighted by molar-refractivity contribution is 7.97. The van der Waals surface area contributed by atoms with Crippen molar-refractivity contribution < 1.29 is 27.9 Å². The van der Waals surface area contributed by atoms with E-state index in [4.69, 9.17) is 14.5 Å². The second-order valence-corrected chi connectivity index (χ2v) is 8.06. The topological polar surface area (TPSA) is 93.1 Å². The zero-order valence-corrected chi connectivity index (χ0v) is 16.3. The van der Waals surface area contributed by atoms with Crippen molar-refractivity contribution in [2.75, 3.05) is 12.4 Å². The number of unbranched alkanes of at least 4 members (excludes halogenated alkanes) is 9. The Labute approximate surface area is 149 Å². The highest BCUT2D eigenvalue weighted by Crippen LogP contribution is 2.41. The third kappa shape index (κ3) is 18.0. The largest absolute Gasteiger partial charge is 0.480 e. The maximum atomic E-state index is 11.1. The van der Waals surface area contributed by atoms with Crippen LogP contribution in [-0.2, 0) is 18.1 Å². The summed E-state index contributed by atoms with van der Waals surface area (Å²) in [5.74, 6) is 0.308. The summed E-state index contributed by atoms with van der Waals surface area (Å²) in [7, 11) is -4.33. The molecule has 0 atom stereocenters. The lowest BCUT2D eigenvalue weighted by Gasteiger charge is -2.05. The van der Waals surface area contributed by atoms with E-state index in [1.165, 1.54) is 32.1 Å². The van der Waals surface area contributed by atoms with Crippen LogP contribution in [0.15, 0.2) is 12.2 Å². The third-order valence-corrected chi connectivity index (χ3v) is 5.01. The predicted octanol–water partition coefficient (Wildman–Crippen LogP) is 4.76. The Hall–Kier alpha value is -0.330. The van der Waals surface area contributed by atoms with Gasteiger partial charge in [0.25, 0.3) is 0 Å². The molecule has 0 radical (unpaired) electrons. The van der Waals surface area contributed by atoms with Crippen LogP contribution in [-0.4, -0.2) is 28.1 Å². The molecule has 0 aromatic rings. The van der Waals surface area contributed by atoms with Crippen LogP contribution in [0.5, 0.6) is 0 Å². The minimum absolute atomic E-state index is 0.304. The van der Waals surface area contributed by atoms with Crippen molar-refractivity contribution in [3.05, 3.63) is 12.2 Å². The Morgan fingerprint density at radius 3 is 1.88 bits per heavy atom. The summed E-state index contributed by atoms with van der Waals surface area (Å²) in [5, 5.41) is 0. The van der Waals surface area contributed by atoms with E-state index >= 15 is 0 Å². The van der Waals surface area contributed by atoms with Crippen molar-refractivity contribution in [1.29, 1.82) is 0 Å². The van der Waals surface area contributed by atoms with Gasteiger partial charge in [-0.25, -0.2) is 13.3 Å². The highest BCUT2D eigenvalue weighted by Gasteiger charge is 2.13. The Kier molecular flexibility index (Phi) is 14.8. The zero-order chi connectivity index (χ0) is 18.3. The molecule has 8 heteroatoms. The third-order valence-electron chi connectivity index (χ3n) is 3.35. The first-order valence-corrected chi connectivity index (χ1v) is 11.0. The summed E-state index contributed by atoms with van der Waals surface area (Å²) in [4.78, 5) is 28.1. The van der Waals surface area contributed by atoms with E-state index in [9.17, 15) is 9.36 Å². The number of esters is 1. The van der Waals surface area contributed by atoms with Crippen LogP contribution in [0.25, 0.3) is 0 Å². The predicted molar refractivity (Wildman–Crippen MR) is 97.5 cm³/mol. The smallest absolute Gasteiger partial charge is 0.462 e. The first-order chi connectivity index (χ1) is 11.3. The number of ether oxygens (including phenoxy) is 1. The molecule has 0 rings (SSSR count). The van der Waals surface area contributed by atoms with Gasteiger partial charge in [-0.2, -0.15) is 0 Å². The number of carbonyl (C=O) groups excluding carboxylic acids is 1. The monoisotopic (exact) mass is 382 g/mol. The molecule has 0 bridgehead atoms. The van der Waals surface area contributed by atoms with E-state index in [2.05, 4.69) is 10.5 Å². The molecule has 0 amide bonds. The van der Waals surface area contributed by atoms with Crippen LogP contribution in [0.3, 0.4) is 0 Å². The molecule has 0 saturated carbocycles. The van der Waals surface area contributed by atoms with E-state index in [0.29, 0.717) is 17.9 Å². The molecule has 0 aliphatic carbocycles. The Bertz CT molecular complexity index is 396. The summed E-state index contributed by atoms with van der Waals surface area (Å²) in [6, 6.07) is 0. The van der Waals surface area contributed by atoms with Gasteiger partial charge in [-0.15, -0.1) is 0 Å². The zero-order valence-electron chi connectivity index (χ0n) is 14.6. The van der Waals surface area contributed by atoms with Gasteiger partial charge in [0.2, 0.25) is 0 Å². The summed E-state index contributed by atoms with van der Waals surface area (Å²) in [6.07, 6.45) is 11.1. The van der Waals surface area contributed by atoms with Crippen LogP contribution in [0.1, 0.15) is 71.1 Å². The van der Waals surface area contributed by atoms with Crippen LogP contribution < -0.4 is 0 Å². The van der Waals surface area contributed by atoms with E-state index in [1.807, 2.05) is 0 Å². The first-order valence-electron chi connectivity index (χ1n) is 8.52. The van der Waals surface area contributed by atoms with Crippen LogP contribution in [0, 0.1) is 0 Å². The maximum absolute atomic E-state index is 11.1. The Morgan fingerprint density at radius 2 is 1.42 bits per heavy atom. The molecule has 0 aromatic heterocycles. The van der Waals surface area contributed by atoms with Crippen LogP contribution in [0.2, 0.25) is 0 Å². The second-order valence-electron chi connectivity index (χ2n) is 5.84. The molecule has 142 valence electrons. The fourth-order valence-electron chi connectivity index (χ4n) is 2.07. The van der Waals surface area contributed by atoms with E-state index < -0.39 is 7.82 Å². The molecule has 0 saturated heterocycles. The fourth-order valence-corrected chi connectivity index (χ4v) is 3.24. The lowest BCUT2D eigenvalue weighted by molar-refractivity contribution is -0.139. The van der Waals surface area contributed by atoms with Crippen molar-refractivity contribution >= 4 is 25.8 Å². The molecule has 0 unspecified atom stereocenters. The van der Waals surface area contributed by atoms with Gasteiger partial charge in [0, 0.05) is 23.4 Å². The van der Waals surface area contributed by atoms with Gasteiger partial charge in [0.15, 0.2) is 0 Å². The molecule has 24 heavy (non-hydrogen) atoms. The minimum atomic E-state index is -4.33. The molecular weight excluding hydrogens is 351 g/mol. The molecular formula is C16H31O6PS. The van der Waals surface area contributed by atoms with E-state index in [1.54, 1.807) is 6.92 Å². The number of hydrogen-bond donors (Lipinski definition) is 2. The van der Waals surface area contributed by atoms with Crippen LogP contribution >= 0.6 is 19.9 Å². The summed E-state index contributed by atoms with van der Waals surface area (Å²) < 4.78 is 19.8. The molecule has 2 N–H and O–H groups in total. The van der Waals surface area contributed by atoms with Gasteiger partial charge in [-0.1, -0.05) is 57.9 Å². The van der Waals surface area contributed by atoms with E-state index in [-0.39, 0.29) is 5.97 Å². The van der Waals surface area contributed by atoms with E-state index in [0.717, 1.165) is 44.1 Å². The lowest BCUT2D eigenvalue weighted by Crippen LogP contribution is -2.05. The van der Waals surface area contributed by atoms with Gasteiger partial charge >= 0.3 is 13.8 Å². The summed E-state index contributed by atoms with van der Waals surface area (Å²) in [5.41, 5.74) is 0.447. The molecule has 0 aliphatic rings. The maximum Gasteiger partial charge on any atom is 0.480 e. The molecule has 0 fully saturated rings. The standard InChI is InChI=1S/C16H31O6PS/c1-15(2)16(17)21-13-11-9-7-5-3-4-6-8-10-12-14-24-22-23(18,19)20/h1,3-14H2,2H3,(H2,18,19,20). The fraction of sp³-hybridized carbons (Fsp3) is 0.812. The average molecular weight is 382 g/mol. The van der Waals surface area contributed by atoms with Crippen molar-refractivity contribution in [2.45, 2.75) is 71.1 Å². The molecule has 0 heterocycles. The van der Waals surface area contributed by atoms with Gasteiger partial charge in [0.05, 0.1) is 6.61 Å². The Balaban J connectivity index is 3.14. The molecule has 0 aromatic carbocycles. The van der Waals surface area contributed by atoms with Gasteiger partial charge in [-0.05, 0) is 19.8 Å². The molecule has 6 nitrogen and oxygen atoms in total. The molecule has 0 aliphatic heterocycles. The SMILES string of the molecule is C=C(C)C(=O)OCCCCCCCCCCCCSOP(=O)(O)O. The number of hydrogen-bond acceptors (Lipinski definition) is 5. The van der Waals surface area contributed by atoms with Gasteiger partial charge < -0.3 is 14.5 Å². The second kappa shape index (κ2) is 15.0. The average Bonchev–Trinajstić information content (AvgIpc) is 2.49. The number of phosphoric acid groups is 1. The minimum Gasteiger partial charge on any atom is -0.462 e. The van der Waals surface area contributed by atoms with Gasteiger partial charge in [0.1, 0.15) is 0 Å². The molecule has 0 spiro atoms. The Morgan fingerprint density at radius 1 is 0.958 bits per heavy atom.